The molecule has 0 radical (unpaired) electrons. The van der Waals surface area contributed by atoms with Gasteiger partial charge in [0.05, 0.1) is 13.3 Å². The normalized spacial score (nSPS) is 12.1. The van der Waals surface area contributed by atoms with Gasteiger partial charge in [0, 0.05) is 0 Å². The number of aliphatic carboxylic acids is 1. The van der Waals surface area contributed by atoms with Crippen LogP contribution in [0, 0.1) is 0 Å². The van der Waals surface area contributed by atoms with E-state index in [1.54, 1.807) is 0 Å². The summed E-state index contributed by atoms with van der Waals surface area (Å²) in [6, 6.07) is -0.952. The summed E-state index contributed by atoms with van der Waals surface area (Å²) >= 11 is 0. The van der Waals surface area contributed by atoms with Crippen LogP contribution in [-0.2, 0) is 9.53 Å². The van der Waals surface area contributed by atoms with Gasteiger partial charge < -0.3 is 9.84 Å². The molecule has 0 fully saturated rings. The minimum atomic E-state index is -1.10. The largest absolute Gasteiger partial charge is 0.480 e. The van der Waals surface area contributed by atoms with Gasteiger partial charge in [0.15, 0.2) is 5.69 Å². The number of hydrogen-bond donors (Lipinski definition) is 1. The van der Waals surface area contributed by atoms with Crippen molar-refractivity contribution in [2.45, 2.75) is 13.0 Å². The fourth-order valence-electron chi connectivity index (χ4n) is 0.885. The SMILES string of the molecule is COC(=O)c1cnnn1C(C)C(=O)O. The lowest BCUT2D eigenvalue weighted by molar-refractivity contribution is -0.140. The van der Waals surface area contributed by atoms with Crippen molar-refractivity contribution in [1.82, 2.24) is 15.0 Å². The van der Waals surface area contributed by atoms with Crippen molar-refractivity contribution in [2.75, 3.05) is 7.11 Å². The first-order valence-electron chi connectivity index (χ1n) is 3.79. The van der Waals surface area contributed by atoms with E-state index in [0.717, 1.165) is 10.9 Å². The first-order chi connectivity index (χ1) is 6.57. The number of nitrogens with zero attached hydrogens (tertiary/aromatic N) is 3. The second-order valence-electron chi connectivity index (χ2n) is 2.57. The molecule has 0 aliphatic rings. The van der Waals surface area contributed by atoms with Gasteiger partial charge >= 0.3 is 11.9 Å². The van der Waals surface area contributed by atoms with Gasteiger partial charge in [-0.25, -0.2) is 14.3 Å². The molecule has 0 aliphatic heterocycles. The quantitative estimate of drug-likeness (QED) is 0.672. The zero-order valence-corrected chi connectivity index (χ0v) is 7.67. The van der Waals surface area contributed by atoms with Crippen LogP contribution in [0.5, 0.6) is 0 Å². The lowest BCUT2D eigenvalue weighted by Crippen LogP contribution is -2.21. The Morgan fingerprint density at radius 1 is 1.64 bits per heavy atom. The lowest BCUT2D eigenvalue weighted by Gasteiger charge is -2.07. The van der Waals surface area contributed by atoms with E-state index in [-0.39, 0.29) is 5.69 Å². The van der Waals surface area contributed by atoms with Crippen LogP contribution in [0.2, 0.25) is 0 Å². The maximum Gasteiger partial charge on any atom is 0.358 e. The summed E-state index contributed by atoms with van der Waals surface area (Å²) in [5.74, 6) is -1.76. The van der Waals surface area contributed by atoms with Crippen LogP contribution >= 0.6 is 0 Å². The molecule has 1 heterocycles. The van der Waals surface area contributed by atoms with Crippen molar-refractivity contribution in [3.8, 4) is 0 Å². The first-order valence-corrected chi connectivity index (χ1v) is 3.79. The Kier molecular flexibility index (Phi) is 2.80. The topological polar surface area (TPSA) is 94.3 Å². The summed E-state index contributed by atoms with van der Waals surface area (Å²) in [7, 11) is 1.20. The van der Waals surface area contributed by atoms with Crippen molar-refractivity contribution in [2.24, 2.45) is 0 Å². The number of carbonyl (C=O) groups is 2. The zero-order valence-electron chi connectivity index (χ0n) is 7.67. The molecule has 0 amide bonds. The van der Waals surface area contributed by atoms with Crippen LogP contribution in [0.4, 0.5) is 0 Å². The summed E-state index contributed by atoms with van der Waals surface area (Å²) < 4.78 is 5.43. The van der Waals surface area contributed by atoms with E-state index < -0.39 is 18.0 Å². The average Bonchev–Trinajstić information content (AvgIpc) is 2.63. The molecule has 0 aromatic carbocycles. The van der Waals surface area contributed by atoms with Gasteiger partial charge in [0.1, 0.15) is 6.04 Å². The molecule has 7 heteroatoms. The molecule has 76 valence electrons. The maximum absolute atomic E-state index is 11.1. The summed E-state index contributed by atoms with van der Waals surface area (Å²) in [5.41, 5.74) is 0.0161. The van der Waals surface area contributed by atoms with Crippen molar-refractivity contribution in [3.05, 3.63) is 11.9 Å². The van der Waals surface area contributed by atoms with Gasteiger partial charge in [-0.3, -0.25) is 0 Å². The van der Waals surface area contributed by atoms with E-state index in [2.05, 4.69) is 15.0 Å². The minimum Gasteiger partial charge on any atom is -0.480 e. The average molecular weight is 199 g/mol. The Balaban J connectivity index is 3.04. The molecule has 0 spiro atoms. The lowest BCUT2D eigenvalue weighted by atomic mass is 10.3. The van der Waals surface area contributed by atoms with Gasteiger partial charge in [-0.1, -0.05) is 5.21 Å². The van der Waals surface area contributed by atoms with E-state index in [9.17, 15) is 9.59 Å². The third-order valence-corrected chi connectivity index (χ3v) is 1.69. The number of ether oxygens (including phenoxy) is 1. The molecule has 1 aromatic heterocycles. The van der Waals surface area contributed by atoms with Crippen LogP contribution < -0.4 is 0 Å². The number of aromatic nitrogens is 3. The molecule has 1 unspecified atom stereocenters. The molecule has 0 saturated heterocycles. The van der Waals surface area contributed by atoms with Crippen molar-refractivity contribution in [3.63, 3.8) is 0 Å². The Morgan fingerprint density at radius 3 is 2.79 bits per heavy atom. The Labute approximate surface area is 79.3 Å². The molecule has 1 atom stereocenters. The third kappa shape index (κ3) is 1.70. The summed E-state index contributed by atoms with van der Waals surface area (Å²) in [5, 5.41) is 15.6. The van der Waals surface area contributed by atoms with E-state index >= 15 is 0 Å². The van der Waals surface area contributed by atoms with Gasteiger partial charge in [-0.15, -0.1) is 5.10 Å². The van der Waals surface area contributed by atoms with Crippen LogP contribution in [-0.4, -0.2) is 39.1 Å². The minimum absolute atomic E-state index is 0.0161. The van der Waals surface area contributed by atoms with E-state index in [4.69, 9.17) is 5.11 Å². The second-order valence-corrected chi connectivity index (χ2v) is 2.57. The van der Waals surface area contributed by atoms with Gasteiger partial charge in [0.2, 0.25) is 0 Å². The molecule has 0 aliphatic carbocycles. The predicted octanol–water partition coefficient (Wildman–Crippen LogP) is -0.290. The van der Waals surface area contributed by atoms with Crippen molar-refractivity contribution < 1.29 is 19.4 Å². The van der Waals surface area contributed by atoms with E-state index in [0.29, 0.717) is 0 Å². The fraction of sp³-hybridized carbons (Fsp3) is 0.429. The number of carbonyl (C=O) groups excluding carboxylic acids is 1. The van der Waals surface area contributed by atoms with E-state index in [1.807, 2.05) is 0 Å². The molecule has 14 heavy (non-hydrogen) atoms. The van der Waals surface area contributed by atoms with E-state index in [1.165, 1.54) is 14.0 Å². The maximum atomic E-state index is 11.1. The van der Waals surface area contributed by atoms with Crippen LogP contribution in [0.25, 0.3) is 0 Å². The first kappa shape index (κ1) is 10.2. The second kappa shape index (κ2) is 3.86. The molecular formula is C7H9N3O4. The molecular weight excluding hydrogens is 190 g/mol. The number of rotatable bonds is 3. The van der Waals surface area contributed by atoms with Crippen molar-refractivity contribution in [1.29, 1.82) is 0 Å². The number of methoxy groups -OCH3 is 1. The summed E-state index contributed by atoms with van der Waals surface area (Å²) in [6.07, 6.45) is 1.16. The predicted molar refractivity (Wildman–Crippen MR) is 43.7 cm³/mol. The zero-order chi connectivity index (χ0) is 10.7. The van der Waals surface area contributed by atoms with Gasteiger partial charge in [0.25, 0.3) is 0 Å². The van der Waals surface area contributed by atoms with Crippen LogP contribution in [0.1, 0.15) is 23.5 Å². The number of carboxylic acid groups (broad SMARTS) is 1. The number of esters is 1. The molecule has 0 bridgehead atoms. The van der Waals surface area contributed by atoms with Gasteiger partial charge in [-0.2, -0.15) is 0 Å². The smallest absolute Gasteiger partial charge is 0.358 e. The highest BCUT2D eigenvalue weighted by atomic mass is 16.5. The Morgan fingerprint density at radius 2 is 2.29 bits per heavy atom. The monoisotopic (exact) mass is 199 g/mol. The molecule has 1 N–H and O–H groups in total. The highest BCUT2D eigenvalue weighted by molar-refractivity contribution is 5.87. The van der Waals surface area contributed by atoms with Gasteiger partial charge in [-0.05, 0) is 6.92 Å². The highest BCUT2D eigenvalue weighted by Gasteiger charge is 2.22. The Bertz CT molecular complexity index is 360. The fourth-order valence-corrected chi connectivity index (χ4v) is 0.885. The third-order valence-electron chi connectivity index (χ3n) is 1.69. The highest BCUT2D eigenvalue weighted by Crippen LogP contribution is 2.08. The number of carboxylic acids is 1. The standard InChI is InChI=1S/C7H9N3O4/c1-4(6(11)12)10-5(3-8-9-10)7(13)14-2/h3-4H,1-2H3,(H,11,12). The van der Waals surface area contributed by atoms with Crippen LogP contribution in [0.15, 0.2) is 6.20 Å². The molecule has 0 saturated carbocycles. The molecule has 1 aromatic rings. The summed E-state index contributed by atoms with van der Waals surface area (Å²) in [6.45, 7) is 1.39. The summed E-state index contributed by atoms with van der Waals surface area (Å²) in [4.78, 5) is 21.7. The molecule has 1 rings (SSSR count). The van der Waals surface area contributed by atoms with Crippen LogP contribution in [0.3, 0.4) is 0 Å². The van der Waals surface area contributed by atoms with Crippen molar-refractivity contribution >= 4 is 11.9 Å². The Hall–Kier alpha value is -1.92. The molecule has 7 nitrogen and oxygen atoms in total. The number of hydrogen-bond acceptors (Lipinski definition) is 5.